The highest BCUT2D eigenvalue weighted by Gasteiger charge is 2.11. The molecule has 0 atom stereocenters. The molecule has 4 nitrogen and oxygen atoms in total. The third-order valence-electron chi connectivity index (χ3n) is 2.34. The van der Waals surface area contributed by atoms with E-state index in [4.69, 9.17) is 16.7 Å². The van der Waals surface area contributed by atoms with Gasteiger partial charge in [-0.25, -0.2) is 4.68 Å². The molecular weight excluding hydrogens is 385 g/mol. The molecule has 0 amide bonds. The zero-order chi connectivity index (χ0) is 13.1. The third kappa shape index (κ3) is 3.12. The fraction of sp³-hybridized carbons (Fsp3) is 0.273. The molecule has 0 unspecified atom stereocenters. The van der Waals surface area contributed by atoms with Crippen LogP contribution in [0.25, 0.3) is 5.69 Å². The van der Waals surface area contributed by atoms with E-state index in [0.717, 1.165) is 20.3 Å². The Morgan fingerprint density at radius 1 is 1.28 bits per heavy atom. The van der Waals surface area contributed by atoms with Crippen molar-refractivity contribution in [3.8, 4) is 5.69 Å². The normalized spacial score (nSPS) is 10.9. The lowest BCUT2D eigenvalue weighted by Crippen LogP contribution is -1.97. The summed E-state index contributed by atoms with van der Waals surface area (Å²) in [6, 6.07) is 3.60. The predicted molar refractivity (Wildman–Crippen MR) is 77.2 cm³/mol. The van der Waals surface area contributed by atoms with Crippen LogP contribution >= 0.6 is 43.5 Å². The number of halogens is 3. The summed E-state index contributed by atoms with van der Waals surface area (Å²) in [6.07, 6.45) is 3.23. The van der Waals surface area contributed by atoms with E-state index in [0.29, 0.717) is 17.9 Å². The number of aliphatic hydroxyl groups excluding tert-OH is 1. The first-order valence-corrected chi connectivity index (χ1v) is 7.25. The lowest BCUT2D eigenvalue weighted by atomic mass is 10.2. The molecule has 7 heteroatoms. The standard InChI is InChI=1S/C11H10Br2ClN3O/c12-9-4-7(14)5-10(13)11(9)17-6-8(15-16-17)2-1-3-18/h4-6,18H,1-3H2. The van der Waals surface area contributed by atoms with Gasteiger partial charge in [-0.2, -0.15) is 0 Å². The second-order valence-electron chi connectivity index (χ2n) is 3.70. The van der Waals surface area contributed by atoms with Crippen LogP contribution in [0.3, 0.4) is 0 Å². The molecule has 0 fully saturated rings. The van der Waals surface area contributed by atoms with Gasteiger partial charge in [0.1, 0.15) is 0 Å². The van der Waals surface area contributed by atoms with E-state index in [9.17, 15) is 0 Å². The van der Waals surface area contributed by atoms with Crippen LogP contribution in [0.2, 0.25) is 5.02 Å². The average molecular weight is 395 g/mol. The average Bonchev–Trinajstić information content (AvgIpc) is 2.73. The van der Waals surface area contributed by atoms with Crippen LogP contribution < -0.4 is 0 Å². The minimum absolute atomic E-state index is 0.154. The Morgan fingerprint density at radius 2 is 1.94 bits per heavy atom. The van der Waals surface area contributed by atoms with Crippen molar-refractivity contribution in [2.75, 3.05) is 6.61 Å². The van der Waals surface area contributed by atoms with E-state index in [1.165, 1.54) is 0 Å². The van der Waals surface area contributed by atoms with Crippen LogP contribution in [0.1, 0.15) is 12.1 Å². The first-order valence-electron chi connectivity index (χ1n) is 5.29. The van der Waals surface area contributed by atoms with E-state index in [-0.39, 0.29) is 6.61 Å². The molecule has 18 heavy (non-hydrogen) atoms. The second kappa shape index (κ2) is 6.14. The van der Waals surface area contributed by atoms with Gasteiger partial charge in [-0.3, -0.25) is 0 Å². The van der Waals surface area contributed by atoms with Crippen LogP contribution in [-0.4, -0.2) is 26.7 Å². The Morgan fingerprint density at radius 3 is 2.56 bits per heavy atom. The molecule has 1 heterocycles. The number of aliphatic hydroxyl groups is 1. The zero-order valence-corrected chi connectivity index (χ0v) is 13.2. The van der Waals surface area contributed by atoms with Gasteiger partial charge >= 0.3 is 0 Å². The molecule has 0 saturated heterocycles. The largest absolute Gasteiger partial charge is 0.396 e. The van der Waals surface area contributed by atoms with Crippen LogP contribution in [0.15, 0.2) is 27.3 Å². The summed E-state index contributed by atoms with van der Waals surface area (Å²) >= 11 is 12.9. The third-order valence-corrected chi connectivity index (χ3v) is 3.77. The van der Waals surface area contributed by atoms with Gasteiger partial charge in [0, 0.05) is 20.6 Å². The van der Waals surface area contributed by atoms with E-state index >= 15 is 0 Å². The van der Waals surface area contributed by atoms with Crippen molar-refractivity contribution in [2.24, 2.45) is 0 Å². The Kier molecular flexibility index (Phi) is 4.77. The molecule has 0 aliphatic rings. The smallest absolute Gasteiger partial charge is 0.0948 e. The molecule has 0 radical (unpaired) electrons. The van der Waals surface area contributed by atoms with Crippen LogP contribution in [-0.2, 0) is 6.42 Å². The Balaban J connectivity index is 2.34. The number of benzene rings is 1. The van der Waals surface area contributed by atoms with Gasteiger partial charge in [-0.15, -0.1) is 5.10 Å². The number of nitrogens with zero attached hydrogens (tertiary/aromatic N) is 3. The summed E-state index contributed by atoms with van der Waals surface area (Å²) in [6.45, 7) is 0.154. The number of hydrogen-bond donors (Lipinski definition) is 1. The SMILES string of the molecule is OCCCc1cn(-c2c(Br)cc(Cl)cc2Br)nn1. The number of rotatable bonds is 4. The van der Waals surface area contributed by atoms with Gasteiger partial charge in [0.15, 0.2) is 0 Å². The van der Waals surface area contributed by atoms with Gasteiger partial charge in [0.05, 0.1) is 17.6 Å². The quantitative estimate of drug-likeness (QED) is 0.864. The van der Waals surface area contributed by atoms with Gasteiger partial charge in [0.25, 0.3) is 0 Å². The molecule has 1 aromatic carbocycles. The van der Waals surface area contributed by atoms with Crippen LogP contribution in [0.4, 0.5) is 0 Å². The second-order valence-corrected chi connectivity index (χ2v) is 5.84. The monoisotopic (exact) mass is 393 g/mol. The maximum Gasteiger partial charge on any atom is 0.0948 e. The highest BCUT2D eigenvalue weighted by molar-refractivity contribution is 9.11. The molecule has 0 saturated carbocycles. The first kappa shape index (κ1) is 14.0. The van der Waals surface area contributed by atoms with Gasteiger partial charge in [-0.05, 0) is 56.8 Å². The maximum atomic E-state index is 8.79. The molecule has 0 aliphatic heterocycles. The molecule has 0 spiro atoms. The van der Waals surface area contributed by atoms with Crippen LogP contribution in [0, 0.1) is 0 Å². The molecule has 2 rings (SSSR count). The zero-order valence-electron chi connectivity index (χ0n) is 9.28. The molecular formula is C11H10Br2ClN3O. The molecule has 0 bridgehead atoms. The fourth-order valence-electron chi connectivity index (χ4n) is 1.54. The summed E-state index contributed by atoms with van der Waals surface area (Å²) in [5, 5.41) is 17.6. The van der Waals surface area contributed by atoms with E-state index in [2.05, 4.69) is 42.2 Å². The van der Waals surface area contributed by atoms with Gasteiger partial charge in [0.2, 0.25) is 0 Å². The topological polar surface area (TPSA) is 50.9 Å². The van der Waals surface area contributed by atoms with Crippen molar-refractivity contribution in [2.45, 2.75) is 12.8 Å². The van der Waals surface area contributed by atoms with Gasteiger partial charge < -0.3 is 5.11 Å². The highest BCUT2D eigenvalue weighted by atomic mass is 79.9. The van der Waals surface area contributed by atoms with Gasteiger partial charge in [-0.1, -0.05) is 16.8 Å². The Labute approximate surface area is 126 Å². The first-order chi connectivity index (χ1) is 8.61. The molecule has 96 valence electrons. The number of aromatic nitrogens is 3. The Hall–Kier alpha value is -0.430. The lowest BCUT2D eigenvalue weighted by Gasteiger charge is -2.06. The summed E-state index contributed by atoms with van der Waals surface area (Å²) < 4.78 is 3.35. The molecule has 1 N–H and O–H groups in total. The predicted octanol–water partition coefficient (Wildman–Crippen LogP) is 3.37. The highest BCUT2D eigenvalue weighted by Crippen LogP contribution is 2.32. The van der Waals surface area contributed by atoms with Crippen LogP contribution in [0.5, 0.6) is 0 Å². The van der Waals surface area contributed by atoms with Crippen molar-refractivity contribution < 1.29 is 5.11 Å². The minimum Gasteiger partial charge on any atom is -0.396 e. The van der Waals surface area contributed by atoms with Crippen molar-refractivity contribution in [3.05, 3.63) is 38.0 Å². The van der Waals surface area contributed by atoms with E-state index in [1.807, 2.05) is 6.20 Å². The molecule has 1 aromatic heterocycles. The van der Waals surface area contributed by atoms with Crippen molar-refractivity contribution in [1.29, 1.82) is 0 Å². The summed E-state index contributed by atoms with van der Waals surface area (Å²) in [5.74, 6) is 0. The van der Waals surface area contributed by atoms with Crippen molar-refractivity contribution in [1.82, 2.24) is 15.0 Å². The summed E-state index contributed by atoms with van der Waals surface area (Å²) in [4.78, 5) is 0. The Bertz CT molecular complexity index is 536. The van der Waals surface area contributed by atoms with E-state index in [1.54, 1.807) is 16.8 Å². The number of hydrogen-bond acceptors (Lipinski definition) is 3. The maximum absolute atomic E-state index is 8.79. The number of aryl methyl sites for hydroxylation is 1. The van der Waals surface area contributed by atoms with E-state index < -0.39 is 0 Å². The lowest BCUT2D eigenvalue weighted by molar-refractivity contribution is 0.288. The molecule has 2 aromatic rings. The molecule has 0 aliphatic carbocycles. The minimum atomic E-state index is 0.154. The van der Waals surface area contributed by atoms with Crippen molar-refractivity contribution in [3.63, 3.8) is 0 Å². The fourth-order valence-corrected chi connectivity index (χ4v) is 3.57. The summed E-state index contributed by atoms with van der Waals surface area (Å²) in [5.41, 5.74) is 1.69. The summed E-state index contributed by atoms with van der Waals surface area (Å²) in [7, 11) is 0. The van der Waals surface area contributed by atoms with Crippen molar-refractivity contribution >= 4 is 43.5 Å².